The molecule has 24 heavy (non-hydrogen) atoms. The zero-order chi connectivity index (χ0) is 17.4. The van der Waals surface area contributed by atoms with E-state index in [2.05, 4.69) is 20.9 Å². The Balaban J connectivity index is 2.27. The molecule has 0 amide bonds. The van der Waals surface area contributed by atoms with E-state index in [1.165, 1.54) is 12.3 Å². The predicted octanol–water partition coefficient (Wildman–Crippen LogP) is 4.33. The van der Waals surface area contributed by atoms with E-state index in [0.717, 1.165) is 5.56 Å². The van der Waals surface area contributed by atoms with E-state index in [1.807, 2.05) is 19.1 Å². The van der Waals surface area contributed by atoms with Crippen molar-refractivity contribution in [3.63, 3.8) is 0 Å². The van der Waals surface area contributed by atoms with Gasteiger partial charge in [0.1, 0.15) is 0 Å². The molecule has 1 unspecified atom stereocenters. The summed E-state index contributed by atoms with van der Waals surface area (Å²) in [5.74, 6) is 0. The van der Waals surface area contributed by atoms with Crippen molar-refractivity contribution in [1.29, 1.82) is 0 Å². The number of hydrogen-bond acceptors (Lipinski definition) is 4. The molecular formula is C16H11BrClN3O3. The van der Waals surface area contributed by atoms with Gasteiger partial charge in [0.05, 0.1) is 32.7 Å². The minimum atomic E-state index is -0.499. The van der Waals surface area contributed by atoms with Crippen molar-refractivity contribution in [2.75, 3.05) is 0 Å². The van der Waals surface area contributed by atoms with Gasteiger partial charge in [0.25, 0.3) is 11.2 Å². The molecular weight excluding hydrogens is 398 g/mol. The third-order valence-corrected chi connectivity index (χ3v) is 4.64. The molecule has 0 saturated heterocycles. The standard InChI is InChI=1S/C16H11BrClN3O3/c1-9(10-3-2-4-11(18)5-10)20-15-6-12(17)14(21(23)24)7-13(15)19-8-16(20)22/h2-9H,1H3. The molecule has 2 aromatic carbocycles. The average Bonchev–Trinajstić information content (AvgIpc) is 2.53. The number of nitro groups is 1. The van der Waals surface area contributed by atoms with Crippen LogP contribution in [-0.2, 0) is 0 Å². The van der Waals surface area contributed by atoms with Gasteiger partial charge in [0.2, 0.25) is 0 Å². The number of benzene rings is 2. The van der Waals surface area contributed by atoms with Crippen molar-refractivity contribution in [2.45, 2.75) is 13.0 Å². The lowest BCUT2D eigenvalue weighted by atomic mass is 10.1. The van der Waals surface area contributed by atoms with Crippen LogP contribution in [0.25, 0.3) is 11.0 Å². The van der Waals surface area contributed by atoms with Crippen LogP contribution in [0.4, 0.5) is 5.69 Å². The van der Waals surface area contributed by atoms with E-state index in [4.69, 9.17) is 11.6 Å². The number of halogens is 2. The van der Waals surface area contributed by atoms with Gasteiger partial charge in [-0.25, -0.2) is 4.98 Å². The molecule has 122 valence electrons. The zero-order valence-corrected chi connectivity index (χ0v) is 14.8. The minimum Gasteiger partial charge on any atom is -0.298 e. The minimum absolute atomic E-state index is 0.101. The first-order valence-corrected chi connectivity index (χ1v) is 8.16. The fourth-order valence-corrected chi connectivity index (χ4v) is 3.27. The second kappa shape index (κ2) is 6.33. The first-order chi connectivity index (χ1) is 11.4. The van der Waals surface area contributed by atoms with Gasteiger partial charge in [-0.2, -0.15) is 0 Å². The van der Waals surface area contributed by atoms with Crippen molar-refractivity contribution in [1.82, 2.24) is 9.55 Å². The fourth-order valence-electron chi connectivity index (χ4n) is 2.60. The van der Waals surface area contributed by atoms with Crippen molar-refractivity contribution in [3.05, 3.63) is 78.1 Å². The van der Waals surface area contributed by atoms with Crippen LogP contribution in [0, 0.1) is 10.1 Å². The normalized spacial score (nSPS) is 12.3. The van der Waals surface area contributed by atoms with Crippen LogP contribution < -0.4 is 5.56 Å². The van der Waals surface area contributed by atoms with Gasteiger partial charge in [0.15, 0.2) is 0 Å². The molecule has 0 saturated carbocycles. The highest BCUT2D eigenvalue weighted by Crippen LogP contribution is 2.30. The largest absolute Gasteiger partial charge is 0.298 e. The van der Waals surface area contributed by atoms with Gasteiger partial charge in [-0.3, -0.25) is 19.5 Å². The van der Waals surface area contributed by atoms with E-state index in [0.29, 0.717) is 20.5 Å². The molecule has 1 aromatic heterocycles. The van der Waals surface area contributed by atoms with Gasteiger partial charge in [0, 0.05) is 11.1 Å². The predicted molar refractivity (Wildman–Crippen MR) is 95.6 cm³/mol. The Morgan fingerprint density at radius 3 is 2.75 bits per heavy atom. The lowest BCUT2D eigenvalue weighted by Gasteiger charge is -2.18. The average molecular weight is 409 g/mol. The van der Waals surface area contributed by atoms with Gasteiger partial charge in [-0.1, -0.05) is 23.7 Å². The van der Waals surface area contributed by atoms with Crippen molar-refractivity contribution >= 4 is 44.3 Å². The highest BCUT2D eigenvalue weighted by Gasteiger charge is 2.19. The summed E-state index contributed by atoms with van der Waals surface area (Å²) in [7, 11) is 0. The maximum absolute atomic E-state index is 12.4. The Morgan fingerprint density at radius 1 is 1.33 bits per heavy atom. The molecule has 0 aliphatic rings. The summed E-state index contributed by atoms with van der Waals surface area (Å²) in [6.07, 6.45) is 1.17. The van der Waals surface area contributed by atoms with E-state index < -0.39 is 4.92 Å². The third-order valence-electron chi connectivity index (χ3n) is 3.77. The van der Waals surface area contributed by atoms with Crippen LogP contribution in [-0.4, -0.2) is 14.5 Å². The fraction of sp³-hybridized carbons (Fsp3) is 0.125. The maximum Gasteiger partial charge on any atom is 0.285 e. The van der Waals surface area contributed by atoms with Gasteiger partial charge >= 0.3 is 0 Å². The Morgan fingerprint density at radius 2 is 2.08 bits per heavy atom. The molecule has 0 aliphatic carbocycles. The monoisotopic (exact) mass is 407 g/mol. The number of hydrogen-bond donors (Lipinski definition) is 0. The molecule has 0 spiro atoms. The smallest absolute Gasteiger partial charge is 0.285 e. The lowest BCUT2D eigenvalue weighted by Crippen LogP contribution is -2.24. The second-order valence-electron chi connectivity index (χ2n) is 5.25. The number of rotatable bonds is 3. The molecule has 8 heteroatoms. The van der Waals surface area contributed by atoms with Crippen LogP contribution in [0.3, 0.4) is 0 Å². The maximum atomic E-state index is 12.4. The van der Waals surface area contributed by atoms with Crippen molar-refractivity contribution < 1.29 is 4.92 Å². The van der Waals surface area contributed by atoms with Crippen LogP contribution in [0.15, 0.2) is 51.9 Å². The summed E-state index contributed by atoms with van der Waals surface area (Å²) < 4.78 is 1.84. The number of nitro benzene ring substituents is 1. The second-order valence-corrected chi connectivity index (χ2v) is 6.54. The summed E-state index contributed by atoms with van der Waals surface area (Å²) in [5.41, 5.74) is 1.34. The summed E-state index contributed by atoms with van der Waals surface area (Å²) in [5, 5.41) is 11.6. The summed E-state index contributed by atoms with van der Waals surface area (Å²) >= 11 is 9.22. The van der Waals surface area contributed by atoms with E-state index in [9.17, 15) is 14.9 Å². The van der Waals surface area contributed by atoms with Gasteiger partial charge in [-0.05, 0) is 46.6 Å². The zero-order valence-electron chi connectivity index (χ0n) is 12.4. The molecule has 6 nitrogen and oxygen atoms in total. The molecule has 0 N–H and O–H groups in total. The summed E-state index contributed by atoms with van der Waals surface area (Å²) in [6, 6.07) is 9.80. The van der Waals surface area contributed by atoms with Crippen LogP contribution in [0.5, 0.6) is 0 Å². The molecule has 1 heterocycles. The van der Waals surface area contributed by atoms with E-state index in [-0.39, 0.29) is 17.3 Å². The molecule has 3 aromatic rings. The molecule has 1 atom stereocenters. The van der Waals surface area contributed by atoms with Crippen molar-refractivity contribution in [3.8, 4) is 0 Å². The van der Waals surface area contributed by atoms with Gasteiger partial charge < -0.3 is 0 Å². The van der Waals surface area contributed by atoms with Crippen molar-refractivity contribution in [2.24, 2.45) is 0 Å². The molecule has 0 radical (unpaired) electrons. The van der Waals surface area contributed by atoms with E-state index in [1.54, 1.807) is 22.8 Å². The van der Waals surface area contributed by atoms with Crippen LogP contribution in [0.2, 0.25) is 5.02 Å². The Hall–Kier alpha value is -2.25. The van der Waals surface area contributed by atoms with Gasteiger partial charge in [-0.15, -0.1) is 0 Å². The number of fused-ring (bicyclic) bond motifs is 1. The quantitative estimate of drug-likeness (QED) is 0.477. The number of nitrogens with zero attached hydrogens (tertiary/aromatic N) is 3. The number of aromatic nitrogens is 2. The van der Waals surface area contributed by atoms with Crippen LogP contribution >= 0.6 is 27.5 Å². The summed E-state index contributed by atoms with van der Waals surface area (Å²) in [6.45, 7) is 1.86. The first-order valence-electron chi connectivity index (χ1n) is 6.99. The third kappa shape index (κ3) is 2.92. The molecule has 0 fully saturated rings. The molecule has 3 rings (SSSR count). The lowest BCUT2D eigenvalue weighted by molar-refractivity contribution is -0.385. The highest BCUT2D eigenvalue weighted by atomic mass is 79.9. The first kappa shape index (κ1) is 16.6. The Kier molecular flexibility index (Phi) is 4.38. The Bertz CT molecular complexity index is 1020. The van der Waals surface area contributed by atoms with E-state index >= 15 is 0 Å². The molecule has 0 bridgehead atoms. The molecule has 0 aliphatic heterocycles. The summed E-state index contributed by atoms with van der Waals surface area (Å²) in [4.78, 5) is 27.0. The van der Waals surface area contributed by atoms with Crippen LogP contribution in [0.1, 0.15) is 18.5 Å². The highest BCUT2D eigenvalue weighted by molar-refractivity contribution is 9.10. The topological polar surface area (TPSA) is 78.0 Å². The SMILES string of the molecule is CC(c1cccc(Cl)c1)n1c(=O)cnc2cc([N+](=O)[O-])c(Br)cc21. The Labute approximate surface area is 150 Å².